The standard InChI is InChI=1S/C54H39N3OS/c1-6-16-38(17-7-1)55(39-18-8-2-9-19-39)43-28-32-51-49(34-43)47-30-26-45(36-52(47)58-51)57(42-24-14-5-15-25-42)46-27-31-48-50-35-44(29-33-53(50)59-54(48)37-46)56(40-20-10-3-11-21-40)41-22-12-4-13-23-41/h1-3,5-12,14-37H,4,13H2. The van der Waals surface area contributed by atoms with Gasteiger partial charge in [-0.2, -0.15) is 0 Å². The second-order valence-corrected chi connectivity index (χ2v) is 16.0. The number of allylic oxidation sites excluding steroid dienone is 3. The second kappa shape index (κ2) is 14.9. The van der Waals surface area contributed by atoms with E-state index in [0.717, 1.165) is 80.3 Å². The van der Waals surface area contributed by atoms with Crippen molar-refractivity contribution in [3.05, 3.63) is 218 Å². The van der Waals surface area contributed by atoms with E-state index in [1.54, 1.807) is 0 Å². The molecule has 4 nitrogen and oxygen atoms in total. The van der Waals surface area contributed by atoms with Gasteiger partial charge in [-0.15, -0.1) is 11.3 Å². The number of benzene rings is 8. The Morgan fingerprint density at radius 2 is 0.864 bits per heavy atom. The monoisotopic (exact) mass is 777 g/mol. The summed E-state index contributed by atoms with van der Waals surface area (Å²) in [6.45, 7) is 0. The fraction of sp³-hybridized carbons (Fsp3) is 0.0370. The molecule has 2 heterocycles. The maximum atomic E-state index is 6.62. The minimum absolute atomic E-state index is 0.850. The molecule has 0 N–H and O–H groups in total. The quantitative estimate of drug-likeness (QED) is 0.146. The lowest BCUT2D eigenvalue weighted by Gasteiger charge is -2.27. The van der Waals surface area contributed by atoms with Crippen molar-refractivity contribution < 1.29 is 4.42 Å². The number of para-hydroxylation sites is 4. The molecule has 0 atom stereocenters. The summed E-state index contributed by atoms with van der Waals surface area (Å²) in [6.07, 6.45) is 9.00. The van der Waals surface area contributed by atoms with Crippen LogP contribution in [0.15, 0.2) is 222 Å². The first-order chi connectivity index (χ1) is 29.2. The zero-order valence-corrected chi connectivity index (χ0v) is 33.1. The minimum Gasteiger partial charge on any atom is -0.456 e. The van der Waals surface area contributed by atoms with Crippen molar-refractivity contribution in [2.45, 2.75) is 12.8 Å². The van der Waals surface area contributed by atoms with E-state index in [2.05, 4.69) is 227 Å². The maximum absolute atomic E-state index is 6.62. The van der Waals surface area contributed by atoms with Gasteiger partial charge in [-0.05, 0) is 128 Å². The Kier molecular flexibility index (Phi) is 8.79. The van der Waals surface area contributed by atoms with Crippen molar-refractivity contribution in [1.29, 1.82) is 0 Å². The van der Waals surface area contributed by atoms with E-state index in [4.69, 9.17) is 4.42 Å². The van der Waals surface area contributed by atoms with Crippen LogP contribution in [-0.4, -0.2) is 0 Å². The van der Waals surface area contributed by atoms with E-state index in [1.807, 2.05) is 11.3 Å². The molecule has 59 heavy (non-hydrogen) atoms. The summed E-state index contributed by atoms with van der Waals surface area (Å²) in [5, 5.41) is 4.69. The van der Waals surface area contributed by atoms with E-state index in [1.165, 1.54) is 25.9 Å². The van der Waals surface area contributed by atoms with Crippen LogP contribution in [0.5, 0.6) is 0 Å². The SMILES string of the molecule is C1=CC(N(c2ccccc2)c2ccc3sc4cc(N(c5ccccc5)c5ccc6c(c5)oc5ccc(N(c7ccccc7)c7ccccc7)cc56)ccc4c3c2)=CCC1. The molecule has 0 aliphatic heterocycles. The van der Waals surface area contributed by atoms with Crippen molar-refractivity contribution in [3.63, 3.8) is 0 Å². The third-order valence-electron chi connectivity index (χ3n) is 11.2. The molecule has 282 valence electrons. The summed E-state index contributed by atoms with van der Waals surface area (Å²) in [4.78, 5) is 7.00. The topological polar surface area (TPSA) is 22.9 Å². The van der Waals surface area contributed by atoms with Gasteiger partial charge >= 0.3 is 0 Å². The normalized spacial score (nSPS) is 12.6. The van der Waals surface area contributed by atoms with Crippen LogP contribution in [-0.2, 0) is 0 Å². The predicted octanol–water partition coefficient (Wildman–Crippen LogP) is 16.3. The van der Waals surface area contributed by atoms with Crippen molar-refractivity contribution in [1.82, 2.24) is 0 Å². The second-order valence-electron chi connectivity index (χ2n) is 14.9. The van der Waals surface area contributed by atoms with Gasteiger partial charge in [0.2, 0.25) is 0 Å². The largest absolute Gasteiger partial charge is 0.456 e. The van der Waals surface area contributed by atoms with Crippen LogP contribution < -0.4 is 14.7 Å². The molecule has 0 fully saturated rings. The summed E-state index contributed by atoms with van der Waals surface area (Å²) in [5.74, 6) is 0. The lowest BCUT2D eigenvalue weighted by Crippen LogP contribution is -2.15. The fourth-order valence-corrected chi connectivity index (χ4v) is 9.60. The third-order valence-corrected chi connectivity index (χ3v) is 12.3. The van der Waals surface area contributed by atoms with Crippen LogP contribution in [0.4, 0.5) is 45.5 Å². The summed E-state index contributed by atoms with van der Waals surface area (Å²) >= 11 is 1.84. The highest BCUT2D eigenvalue weighted by molar-refractivity contribution is 7.25. The molecule has 0 saturated carbocycles. The third kappa shape index (κ3) is 6.42. The van der Waals surface area contributed by atoms with Gasteiger partial charge in [0.25, 0.3) is 0 Å². The smallest absolute Gasteiger partial charge is 0.137 e. The van der Waals surface area contributed by atoms with Gasteiger partial charge in [-0.3, -0.25) is 0 Å². The summed E-state index contributed by atoms with van der Waals surface area (Å²) < 4.78 is 9.14. The Balaban J connectivity index is 0.992. The van der Waals surface area contributed by atoms with Crippen LogP contribution in [0.3, 0.4) is 0 Å². The average molecular weight is 778 g/mol. The zero-order valence-electron chi connectivity index (χ0n) is 32.3. The number of fused-ring (bicyclic) bond motifs is 6. The molecule has 2 aromatic heterocycles. The van der Waals surface area contributed by atoms with Gasteiger partial charge in [0.05, 0.1) is 0 Å². The Labute approximate surface area is 347 Å². The van der Waals surface area contributed by atoms with Gasteiger partial charge < -0.3 is 19.1 Å². The highest BCUT2D eigenvalue weighted by Crippen LogP contribution is 2.45. The molecular weight excluding hydrogens is 739 g/mol. The molecule has 0 radical (unpaired) electrons. The highest BCUT2D eigenvalue weighted by Gasteiger charge is 2.20. The van der Waals surface area contributed by atoms with Gasteiger partial charge in [-0.25, -0.2) is 0 Å². The summed E-state index contributed by atoms with van der Waals surface area (Å²) in [5.41, 5.74) is 11.7. The van der Waals surface area contributed by atoms with Crippen LogP contribution in [0.1, 0.15) is 12.8 Å². The van der Waals surface area contributed by atoms with Crippen molar-refractivity contribution in [3.8, 4) is 0 Å². The average Bonchev–Trinajstić information content (AvgIpc) is 3.85. The highest BCUT2D eigenvalue weighted by atomic mass is 32.1. The van der Waals surface area contributed by atoms with Crippen molar-refractivity contribution in [2.75, 3.05) is 14.7 Å². The first-order valence-corrected chi connectivity index (χ1v) is 21.0. The lowest BCUT2D eigenvalue weighted by atomic mass is 10.1. The summed E-state index contributed by atoms with van der Waals surface area (Å²) in [6, 6.07) is 69.2. The van der Waals surface area contributed by atoms with Gasteiger partial charge in [-0.1, -0.05) is 91.0 Å². The number of thiophene rings is 1. The fourth-order valence-electron chi connectivity index (χ4n) is 8.48. The maximum Gasteiger partial charge on any atom is 0.137 e. The lowest BCUT2D eigenvalue weighted by molar-refractivity contribution is 0.669. The molecule has 1 aliphatic carbocycles. The summed E-state index contributed by atoms with van der Waals surface area (Å²) in [7, 11) is 0. The molecule has 11 rings (SSSR count). The molecule has 0 spiro atoms. The number of hydrogen-bond acceptors (Lipinski definition) is 5. The molecule has 0 bridgehead atoms. The molecule has 0 unspecified atom stereocenters. The van der Waals surface area contributed by atoms with Crippen LogP contribution in [0, 0.1) is 0 Å². The van der Waals surface area contributed by atoms with E-state index in [9.17, 15) is 0 Å². The van der Waals surface area contributed by atoms with E-state index < -0.39 is 0 Å². The molecule has 5 heteroatoms. The number of anilines is 8. The van der Waals surface area contributed by atoms with Crippen LogP contribution in [0.25, 0.3) is 42.1 Å². The van der Waals surface area contributed by atoms with Gasteiger partial charge in [0.15, 0.2) is 0 Å². The van der Waals surface area contributed by atoms with E-state index in [0.29, 0.717) is 0 Å². The predicted molar refractivity (Wildman–Crippen MR) is 251 cm³/mol. The number of furan rings is 1. The molecule has 8 aromatic carbocycles. The zero-order chi connectivity index (χ0) is 39.1. The molecular formula is C54H39N3OS. The Morgan fingerprint density at radius 1 is 0.356 bits per heavy atom. The van der Waals surface area contributed by atoms with Gasteiger partial charge in [0.1, 0.15) is 11.2 Å². The van der Waals surface area contributed by atoms with Crippen molar-refractivity contribution >= 4 is 98.9 Å². The molecule has 0 saturated heterocycles. The van der Waals surface area contributed by atoms with Crippen molar-refractivity contribution in [2.24, 2.45) is 0 Å². The Morgan fingerprint density at radius 3 is 1.49 bits per heavy atom. The Hall–Kier alpha value is -7.34. The van der Waals surface area contributed by atoms with Crippen LogP contribution in [0.2, 0.25) is 0 Å². The van der Waals surface area contributed by atoms with Crippen LogP contribution >= 0.6 is 11.3 Å². The molecule has 0 amide bonds. The molecule has 10 aromatic rings. The minimum atomic E-state index is 0.850. The van der Waals surface area contributed by atoms with Gasteiger partial charge in [0, 0.05) is 88.2 Å². The number of nitrogens with zero attached hydrogens (tertiary/aromatic N) is 3. The molecule has 1 aliphatic rings. The first kappa shape index (κ1) is 34.9. The Bertz CT molecular complexity index is 3130. The first-order valence-electron chi connectivity index (χ1n) is 20.2. The van der Waals surface area contributed by atoms with E-state index >= 15 is 0 Å². The number of hydrogen-bond donors (Lipinski definition) is 0. The van der Waals surface area contributed by atoms with E-state index in [-0.39, 0.29) is 0 Å². The number of rotatable bonds is 9.